The van der Waals surface area contributed by atoms with Gasteiger partial charge in [-0.3, -0.25) is 0 Å². The number of alkyl halides is 8. The van der Waals surface area contributed by atoms with Gasteiger partial charge in [-0.1, -0.05) is 24.3 Å². The van der Waals surface area contributed by atoms with Crippen molar-refractivity contribution < 1.29 is 44.6 Å². The molecule has 2 aromatic rings. The van der Waals surface area contributed by atoms with Gasteiger partial charge in [0.05, 0.1) is 5.56 Å². The second-order valence-electron chi connectivity index (χ2n) is 4.63. The predicted octanol–water partition coefficient (Wildman–Crippen LogP) is 5.87. The molecule has 0 aliphatic rings. The molecule has 2 aromatic carbocycles. The van der Waals surface area contributed by atoms with Crippen LogP contribution in [-0.4, -0.2) is 13.0 Å². The van der Waals surface area contributed by atoms with Crippen LogP contribution in [0.4, 0.5) is 35.1 Å². The Morgan fingerprint density at radius 3 is 2.00 bits per heavy atom. The minimum atomic E-state index is -5.06. The Morgan fingerprint density at radius 2 is 1.44 bits per heavy atom. The lowest BCUT2D eigenvalue weighted by molar-refractivity contribution is -0.274. The van der Waals surface area contributed by atoms with Gasteiger partial charge in [0.15, 0.2) is 0 Å². The molecule has 10 heteroatoms. The van der Waals surface area contributed by atoms with Crippen molar-refractivity contribution in [2.24, 2.45) is 0 Å². The first kappa shape index (κ1) is 18.8. The number of benzene rings is 2. The zero-order chi connectivity index (χ0) is 18.8. The molecule has 0 unspecified atom stereocenters. The van der Waals surface area contributed by atoms with Crippen molar-refractivity contribution in [1.82, 2.24) is 0 Å². The Kier molecular flexibility index (Phi) is 5.09. The number of halogens is 8. The first-order valence-electron chi connectivity index (χ1n) is 6.48. The maximum absolute atomic E-state index is 13.0. The van der Waals surface area contributed by atoms with Gasteiger partial charge >= 0.3 is 19.2 Å². The summed E-state index contributed by atoms with van der Waals surface area (Å²) in [5.41, 5.74) is -2.16. The summed E-state index contributed by atoms with van der Waals surface area (Å²) < 4.78 is 108. The van der Waals surface area contributed by atoms with Crippen LogP contribution in [0.1, 0.15) is 5.56 Å². The van der Waals surface area contributed by atoms with Crippen molar-refractivity contribution in [3.8, 4) is 22.6 Å². The van der Waals surface area contributed by atoms with Gasteiger partial charge in [-0.25, -0.2) is 0 Å². The van der Waals surface area contributed by atoms with Crippen LogP contribution in [0.2, 0.25) is 0 Å². The van der Waals surface area contributed by atoms with Crippen molar-refractivity contribution in [3.05, 3.63) is 48.0 Å². The Balaban J connectivity index is 2.54. The standard InChI is InChI=1S/C15H8F8O2/c16-13(17)24-12-6-5-8(7-10(12)14(18,19)20)9-3-1-2-4-11(9)25-15(21,22)23/h1-7,13H. The first-order valence-corrected chi connectivity index (χ1v) is 6.48. The smallest absolute Gasteiger partial charge is 0.434 e. The highest BCUT2D eigenvalue weighted by molar-refractivity contribution is 5.72. The van der Waals surface area contributed by atoms with Crippen molar-refractivity contribution in [2.75, 3.05) is 0 Å². The van der Waals surface area contributed by atoms with Crippen molar-refractivity contribution >= 4 is 0 Å². The van der Waals surface area contributed by atoms with Gasteiger partial charge in [0.1, 0.15) is 11.5 Å². The molecular weight excluding hydrogens is 364 g/mol. The van der Waals surface area contributed by atoms with Gasteiger partial charge in [-0.05, 0) is 23.8 Å². The fourth-order valence-corrected chi connectivity index (χ4v) is 2.04. The van der Waals surface area contributed by atoms with Crippen LogP contribution < -0.4 is 9.47 Å². The Labute approximate surface area is 135 Å². The molecule has 2 rings (SSSR count). The summed E-state index contributed by atoms with van der Waals surface area (Å²) in [5, 5.41) is 0. The van der Waals surface area contributed by atoms with Gasteiger partial charge < -0.3 is 9.47 Å². The van der Waals surface area contributed by atoms with E-state index in [9.17, 15) is 35.1 Å². The summed E-state index contributed by atoms with van der Waals surface area (Å²) in [7, 11) is 0. The van der Waals surface area contributed by atoms with E-state index in [0.29, 0.717) is 12.1 Å². The SMILES string of the molecule is FC(F)Oc1ccc(-c2ccccc2OC(F)(F)F)cc1C(F)(F)F. The highest BCUT2D eigenvalue weighted by Gasteiger charge is 2.36. The Bertz CT molecular complexity index is 737. The lowest BCUT2D eigenvalue weighted by atomic mass is 10.0. The third-order valence-corrected chi connectivity index (χ3v) is 2.92. The van der Waals surface area contributed by atoms with E-state index < -0.39 is 36.2 Å². The number of hydrogen-bond acceptors (Lipinski definition) is 2. The number of hydrogen-bond donors (Lipinski definition) is 0. The average Bonchev–Trinajstić information content (AvgIpc) is 2.45. The third-order valence-electron chi connectivity index (χ3n) is 2.92. The number of rotatable bonds is 4. The molecule has 2 nitrogen and oxygen atoms in total. The van der Waals surface area contributed by atoms with Gasteiger partial charge in [-0.15, -0.1) is 13.2 Å². The summed E-state index contributed by atoms with van der Waals surface area (Å²) in [4.78, 5) is 0. The highest BCUT2D eigenvalue weighted by Crippen LogP contribution is 2.41. The van der Waals surface area contributed by atoms with E-state index in [0.717, 1.165) is 18.2 Å². The van der Waals surface area contributed by atoms with Crippen LogP contribution in [0.3, 0.4) is 0 Å². The molecule has 0 saturated carbocycles. The molecule has 0 radical (unpaired) electrons. The maximum atomic E-state index is 13.0. The molecule has 0 bridgehead atoms. The summed E-state index contributed by atoms with van der Waals surface area (Å²) in [6.07, 6.45) is -10.1. The molecule has 0 atom stereocenters. The highest BCUT2D eigenvalue weighted by atomic mass is 19.4. The normalized spacial score (nSPS) is 12.4. The van der Waals surface area contributed by atoms with Crippen LogP contribution in [0.5, 0.6) is 11.5 Å². The van der Waals surface area contributed by atoms with E-state index in [1.807, 2.05) is 0 Å². The topological polar surface area (TPSA) is 18.5 Å². The first-order chi connectivity index (χ1) is 11.5. The molecule has 0 spiro atoms. The van der Waals surface area contributed by atoms with E-state index >= 15 is 0 Å². The third kappa shape index (κ3) is 4.97. The summed E-state index contributed by atoms with van der Waals surface area (Å²) in [5.74, 6) is -1.87. The van der Waals surface area contributed by atoms with E-state index in [-0.39, 0.29) is 11.1 Å². The lowest BCUT2D eigenvalue weighted by Gasteiger charge is -2.17. The van der Waals surface area contributed by atoms with Crippen molar-refractivity contribution in [3.63, 3.8) is 0 Å². The number of ether oxygens (including phenoxy) is 2. The Morgan fingerprint density at radius 1 is 0.800 bits per heavy atom. The van der Waals surface area contributed by atoms with E-state index in [4.69, 9.17) is 0 Å². The summed E-state index contributed by atoms with van der Waals surface area (Å²) >= 11 is 0. The molecule has 0 aliphatic heterocycles. The number of para-hydroxylation sites is 1. The molecule has 0 saturated heterocycles. The quantitative estimate of drug-likeness (QED) is 0.625. The minimum Gasteiger partial charge on any atom is -0.434 e. The van der Waals surface area contributed by atoms with Crippen LogP contribution >= 0.6 is 0 Å². The average molecular weight is 372 g/mol. The molecule has 0 aliphatic carbocycles. The van der Waals surface area contributed by atoms with Gasteiger partial charge in [0, 0.05) is 5.56 Å². The molecule has 0 amide bonds. The van der Waals surface area contributed by atoms with Crippen molar-refractivity contribution in [2.45, 2.75) is 19.2 Å². The zero-order valence-corrected chi connectivity index (χ0v) is 12.0. The van der Waals surface area contributed by atoms with Crippen molar-refractivity contribution in [1.29, 1.82) is 0 Å². The zero-order valence-electron chi connectivity index (χ0n) is 12.0. The predicted molar refractivity (Wildman–Crippen MR) is 70.2 cm³/mol. The summed E-state index contributed by atoms with van der Waals surface area (Å²) in [6, 6.07) is 6.44. The van der Waals surface area contributed by atoms with Crippen LogP contribution in [0.15, 0.2) is 42.5 Å². The molecule has 25 heavy (non-hydrogen) atoms. The van der Waals surface area contributed by atoms with E-state index in [2.05, 4.69) is 9.47 Å². The van der Waals surface area contributed by atoms with Gasteiger partial charge in [0.2, 0.25) is 0 Å². The molecular formula is C15H8F8O2. The van der Waals surface area contributed by atoms with E-state index in [1.54, 1.807) is 0 Å². The monoisotopic (exact) mass is 372 g/mol. The molecule has 0 fully saturated rings. The van der Waals surface area contributed by atoms with Crippen LogP contribution in [0, 0.1) is 0 Å². The second kappa shape index (κ2) is 6.77. The van der Waals surface area contributed by atoms with Crippen LogP contribution in [0.25, 0.3) is 11.1 Å². The maximum Gasteiger partial charge on any atom is 0.573 e. The van der Waals surface area contributed by atoms with Gasteiger partial charge in [0.25, 0.3) is 0 Å². The molecule has 0 N–H and O–H groups in total. The minimum absolute atomic E-state index is 0.297. The summed E-state index contributed by atoms with van der Waals surface area (Å²) in [6.45, 7) is -3.49. The molecule has 0 heterocycles. The molecule has 136 valence electrons. The second-order valence-corrected chi connectivity index (χ2v) is 4.63. The Hall–Kier alpha value is -2.52. The largest absolute Gasteiger partial charge is 0.573 e. The molecule has 0 aromatic heterocycles. The fourth-order valence-electron chi connectivity index (χ4n) is 2.04. The van der Waals surface area contributed by atoms with E-state index in [1.165, 1.54) is 12.1 Å². The van der Waals surface area contributed by atoms with Crippen LogP contribution in [-0.2, 0) is 6.18 Å². The lowest BCUT2D eigenvalue weighted by Crippen LogP contribution is -2.17. The fraction of sp³-hybridized carbons (Fsp3) is 0.200. The van der Waals surface area contributed by atoms with Gasteiger partial charge in [-0.2, -0.15) is 22.0 Å².